The first-order chi connectivity index (χ1) is 14.4. The summed E-state index contributed by atoms with van der Waals surface area (Å²) in [5, 5.41) is 6.98. The summed E-state index contributed by atoms with van der Waals surface area (Å²) in [5.41, 5.74) is 2.48. The normalized spacial score (nSPS) is 10.4. The van der Waals surface area contributed by atoms with Crippen molar-refractivity contribution in [3.05, 3.63) is 59.5 Å². The molecule has 0 radical (unpaired) electrons. The molecule has 0 aliphatic heterocycles. The molecule has 2 heterocycles. The third kappa shape index (κ3) is 4.75. The minimum atomic E-state index is -0.653. The van der Waals surface area contributed by atoms with Gasteiger partial charge in [0.2, 0.25) is 0 Å². The summed E-state index contributed by atoms with van der Waals surface area (Å²) >= 11 is 0. The number of nitrogens with one attached hydrogen (secondary N) is 1. The molecule has 0 saturated carbocycles. The molecule has 0 saturated heterocycles. The maximum atomic E-state index is 12.2. The Morgan fingerprint density at radius 2 is 1.87 bits per heavy atom. The highest BCUT2D eigenvalue weighted by Crippen LogP contribution is 2.28. The summed E-state index contributed by atoms with van der Waals surface area (Å²) in [5.74, 6) is 0.449. The average molecular weight is 410 g/mol. The van der Waals surface area contributed by atoms with Crippen LogP contribution in [-0.4, -0.2) is 47.5 Å². The molecular formula is C21H22N4O5. The van der Waals surface area contributed by atoms with Gasteiger partial charge >= 0.3 is 5.97 Å². The Bertz CT molecular complexity index is 1060. The van der Waals surface area contributed by atoms with E-state index in [9.17, 15) is 9.59 Å². The largest absolute Gasteiger partial charge is 0.497 e. The van der Waals surface area contributed by atoms with E-state index in [-0.39, 0.29) is 5.56 Å². The van der Waals surface area contributed by atoms with Gasteiger partial charge in [0.05, 0.1) is 31.2 Å². The summed E-state index contributed by atoms with van der Waals surface area (Å²) in [6.45, 7) is 3.36. The summed E-state index contributed by atoms with van der Waals surface area (Å²) in [6, 6.07) is 10.1. The average Bonchev–Trinajstić information content (AvgIpc) is 3.10. The highest BCUT2D eigenvalue weighted by molar-refractivity contribution is 5.96. The van der Waals surface area contributed by atoms with Crippen LogP contribution in [0.25, 0.3) is 5.82 Å². The molecule has 0 fully saturated rings. The number of anilines is 1. The predicted molar refractivity (Wildman–Crippen MR) is 109 cm³/mol. The topological polar surface area (TPSA) is 105 Å². The number of methoxy groups -OCH3 is 2. The van der Waals surface area contributed by atoms with Crippen molar-refractivity contribution in [2.75, 3.05) is 26.1 Å². The minimum absolute atomic E-state index is 0.232. The number of benzene rings is 1. The van der Waals surface area contributed by atoms with E-state index in [0.29, 0.717) is 23.0 Å². The van der Waals surface area contributed by atoms with Gasteiger partial charge in [-0.1, -0.05) is 0 Å². The number of nitrogens with zero attached hydrogens (tertiary/aromatic N) is 3. The summed E-state index contributed by atoms with van der Waals surface area (Å²) < 4.78 is 17.1. The van der Waals surface area contributed by atoms with E-state index in [2.05, 4.69) is 15.4 Å². The van der Waals surface area contributed by atoms with Gasteiger partial charge in [0, 0.05) is 18.0 Å². The van der Waals surface area contributed by atoms with Gasteiger partial charge in [-0.25, -0.2) is 14.5 Å². The quantitative estimate of drug-likeness (QED) is 0.597. The second-order valence-corrected chi connectivity index (χ2v) is 6.43. The van der Waals surface area contributed by atoms with Crippen LogP contribution in [0.5, 0.6) is 11.5 Å². The van der Waals surface area contributed by atoms with Crippen molar-refractivity contribution in [1.29, 1.82) is 0 Å². The molecule has 1 aromatic carbocycles. The predicted octanol–water partition coefficient (Wildman–Crippen LogP) is 2.70. The van der Waals surface area contributed by atoms with Crippen molar-refractivity contribution in [2.24, 2.45) is 0 Å². The van der Waals surface area contributed by atoms with Gasteiger partial charge in [0.1, 0.15) is 11.5 Å². The van der Waals surface area contributed by atoms with Gasteiger partial charge in [-0.05, 0) is 44.2 Å². The fourth-order valence-corrected chi connectivity index (χ4v) is 2.80. The number of hydrogen-bond donors (Lipinski definition) is 1. The molecule has 3 aromatic rings. The molecule has 0 spiro atoms. The molecule has 1 N–H and O–H groups in total. The number of aromatic nitrogens is 3. The highest BCUT2D eigenvalue weighted by atomic mass is 16.5. The molecule has 9 heteroatoms. The van der Waals surface area contributed by atoms with Crippen molar-refractivity contribution in [2.45, 2.75) is 13.8 Å². The number of amides is 1. The van der Waals surface area contributed by atoms with E-state index in [1.54, 1.807) is 35.0 Å². The Kier molecular flexibility index (Phi) is 6.31. The third-order valence-electron chi connectivity index (χ3n) is 4.23. The number of ether oxygens (including phenoxy) is 3. The number of aryl methyl sites for hydroxylation is 2. The van der Waals surface area contributed by atoms with E-state index in [1.165, 1.54) is 20.4 Å². The van der Waals surface area contributed by atoms with Crippen LogP contribution in [0.15, 0.2) is 42.6 Å². The number of rotatable bonds is 7. The number of carbonyl (C=O) groups excluding carboxylic acids is 2. The first kappa shape index (κ1) is 20.8. The Morgan fingerprint density at radius 3 is 2.47 bits per heavy atom. The molecule has 1 amide bonds. The lowest BCUT2D eigenvalue weighted by Gasteiger charge is -2.12. The van der Waals surface area contributed by atoms with Gasteiger partial charge in [-0.15, -0.1) is 0 Å². The van der Waals surface area contributed by atoms with Gasteiger partial charge in [0.15, 0.2) is 12.4 Å². The summed E-state index contributed by atoms with van der Waals surface area (Å²) in [7, 11) is 3.01. The van der Waals surface area contributed by atoms with Crippen LogP contribution in [0, 0.1) is 13.8 Å². The van der Waals surface area contributed by atoms with Gasteiger partial charge in [0.25, 0.3) is 5.91 Å². The van der Waals surface area contributed by atoms with Crippen molar-refractivity contribution in [3.63, 3.8) is 0 Å². The highest BCUT2D eigenvalue weighted by Gasteiger charge is 2.14. The standard InChI is InChI=1S/C21H22N4O5/c1-13-9-14(2)25(24-13)19-8-5-15(11-22-19)21(27)30-12-20(26)23-17-7-6-16(28-3)10-18(17)29-4/h5-11H,12H2,1-4H3,(H,23,26). The maximum absolute atomic E-state index is 12.2. The van der Waals surface area contributed by atoms with Crippen LogP contribution in [0.4, 0.5) is 5.69 Å². The van der Waals surface area contributed by atoms with E-state index < -0.39 is 18.5 Å². The van der Waals surface area contributed by atoms with E-state index in [4.69, 9.17) is 14.2 Å². The minimum Gasteiger partial charge on any atom is -0.497 e. The van der Waals surface area contributed by atoms with Crippen LogP contribution in [-0.2, 0) is 9.53 Å². The zero-order chi connectivity index (χ0) is 21.7. The van der Waals surface area contributed by atoms with Crippen LogP contribution >= 0.6 is 0 Å². The van der Waals surface area contributed by atoms with Gasteiger partial charge < -0.3 is 19.5 Å². The Balaban J connectivity index is 1.59. The third-order valence-corrected chi connectivity index (χ3v) is 4.23. The van der Waals surface area contributed by atoms with Crippen LogP contribution in [0.2, 0.25) is 0 Å². The molecular weight excluding hydrogens is 388 g/mol. The molecule has 30 heavy (non-hydrogen) atoms. The van der Waals surface area contributed by atoms with Crippen molar-refractivity contribution in [1.82, 2.24) is 14.8 Å². The zero-order valence-electron chi connectivity index (χ0n) is 17.1. The zero-order valence-corrected chi connectivity index (χ0v) is 17.1. The van der Waals surface area contributed by atoms with Gasteiger partial charge in [-0.2, -0.15) is 5.10 Å². The molecule has 9 nitrogen and oxygen atoms in total. The Hall–Kier alpha value is -3.88. The van der Waals surface area contributed by atoms with E-state index >= 15 is 0 Å². The lowest BCUT2D eigenvalue weighted by Crippen LogP contribution is -2.21. The van der Waals surface area contributed by atoms with Crippen molar-refractivity contribution in [3.8, 4) is 17.3 Å². The number of hydrogen-bond acceptors (Lipinski definition) is 7. The lowest BCUT2D eigenvalue weighted by molar-refractivity contribution is -0.119. The molecule has 156 valence electrons. The first-order valence-electron chi connectivity index (χ1n) is 9.10. The summed E-state index contributed by atoms with van der Waals surface area (Å²) in [6.07, 6.45) is 1.39. The molecule has 0 aliphatic rings. The molecule has 0 unspecified atom stereocenters. The molecule has 3 rings (SSSR count). The monoisotopic (exact) mass is 410 g/mol. The fourth-order valence-electron chi connectivity index (χ4n) is 2.80. The first-order valence-corrected chi connectivity index (χ1v) is 9.10. The number of pyridine rings is 1. The van der Waals surface area contributed by atoms with Crippen LogP contribution in [0.1, 0.15) is 21.7 Å². The molecule has 0 atom stereocenters. The number of esters is 1. The SMILES string of the molecule is COc1ccc(NC(=O)COC(=O)c2ccc(-n3nc(C)cc3C)nc2)c(OC)c1. The van der Waals surface area contributed by atoms with E-state index in [1.807, 2.05) is 19.9 Å². The lowest BCUT2D eigenvalue weighted by atomic mass is 10.2. The Labute approximate surface area is 173 Å². The Morgan fingerprint density at radius 1 is 1.07 bits per heavy atom. The van der Waals surface area contributed by atoms with Gasteiger partial charge in [-0.3, -0.25) is 4.79 Å². The smallest absolute Gasteiger partial charge is 0.340 e. The number of carbonyl (C=O) groups is 2. The van der Waals surface area contributed by atoms with Crippen LogP contribution < -0.4 is 14.8 Å². The maximum Gasteiger partial charge on any atom is 0.340 e. The van der Waals surface area contributed by atoms with Crippen molar-refractivity contribution < 1.29 is 23.8 Å². The molecule has 2 aromatic heterocycles. The molecule has 0 bridgehead atoms. The molecule has 0 aliphatic carbocycles. The second-order valence-electron chi connectivity index (χ2n) is 6.43. The summed E-state index contributed by atoms with van der Waals surface area (Å²) in [4.78, 5) is 28.6. The van der Waals surface area contributed by atoms with Crippen LogP contribution in [0.3, 0.4) is 0 Å². The fraction of sp³-hybridized carbons (Fsp3) is 0.238. The van der Waals surface area contributed by atoms with E-state index in [0.717, 1.165) is 11.4 Å². The van der Waals surface area contributed by atoms with Crippen molar-refractivity contribution >= 4 is 17.6 Å². The second kappa shape index (κ2) is 9.08.